The van der Waals surface area contributed by atoms with Crippen LogP contribution in [0.4, 0.5) is 5.69 Å². The zero-order chi connectivity index (χ0) is 18.1. The van der Waals surface area contributed by atoms with Crippen LogP contribution in [0, 0.1) is 10.1 Å². The molecule has 4 rings (SSSR count). The minimum absolute atomic E-state index is 0.119. The third-order valence-corrected chi connectivity index (χ3v) is 4.51. The first-order valence-corrected chi connectivity index (χ1v) is 8.49. The molecule has 0 aromatic heterocycles. The van der Waals surface area contributed by atoms with Crippen LogP contribution in [0.15, 0.2) is 36.4 Å². The highest BCUT2D eigenvalue weighted by Gasteiger charge is 2.30. The second-order valence-corrected chi connectivity index (χ2v) is 6.28. The summed E-state index contributed by atoms with van der Waals surface area (Å²) < 4.78 is 17.4. The monoisotopic (exact) mass is 355 g/mol. The fourth-order valence-electron chi connectivity index (χ4n) is 3.14. The average molecular weight is 355 g/mol. The van der Waals surface area contributed by atoms with Gasteiger partial charge in [0, 0.05) is 12.1 Å². The quantitative estimate of drug-likeness (QED) is 0.600. The topological polar surface area (TPSA) is 87.9 Å². The Morgan fingerprint density at radius 3 is 2.46 bits per heavy atom. The highest BCUT2D eigenvalue weighted by Crippen LogP contribution is 2.39. The van der Waals surface area contributed by atoms with Gasteiger partial charge < -0.3 is 14.2 Å². The van der Waals surface area contributed by atoms with E-state index in [9.17, 15) is 14.9 Å². The maximum absolute atomic E-state index is 12.5. The lowest BCUT2D eigenvalue weighted by atomic mass is 9.95. The summed E-state index contributed by atoms with van der Waals surface area (Å²) in [7, 11) is 0. The van der Waals surface area contributed by atoms with E-state index in [0.29, 0.717) is 30.5 Å². The standard InChI is InChI=1S/C19H17NO6/c21-15-11-18(26-16-6-4-13(20(22)23)10-14(15)16)12-3-5-17-19(9-12)25-8-2-1-7-24-17/h3-6,9-10,18H,1-2,7-8,11H2. The summed E-state index contributed by atoms with van der Waals surface area (Å²) >= 11 is 0. The van der Waals surface area contributed by atoms with Gasteiger partial charge >= 0.3 is 0 Å². The van der Waals surface area contributed by atoms with Crippen molar-refractivity contribution < 1.29 is 23.9 Å². The van der Waals surface area contributed by atoms with Crippen molar-refractivity contribution in [1.82, 2.24) is 0 Å². The lowest BCUT2D eigenvalue weighted by Crippen LogP contribution is -2.20. The molecule has 1 unspecified atom stereocenters. The summed E-state index contributed by atoms with van der Waals surface area (Å²) in [6.07, 6.45) is 1.53. The Bertz CT molecular complexity index is 878. The maximum atomic E-state index is 12.5. The van der Waals surface area contributed by atoms with E-state index in [1.165, 1.54) is 18.2 Å². The first-order valence-electron chi connectivity index (χ1n) is 8.49. The van der Waals surface area contributed by atoms with E-state index in [0.717, 1.165) is 18.4 Å². The third-order valence-electron chi connectivity index (χ3n) is 4.51. The number of fused-ring (bicyclic) bond motifs is 2. The summed E-state index contributed by atoms with van der Waals surface area (Å²) in [5.41, 5.74) is 0.942. The van der Waals surface area contributed by atoms with Crippen molar-refractivity contribution >= 4 is 11.5 Å². The minimum Gasteiger partial charge on any atom is -0.490 e. The zero-order valence-corrected chi connectivity index (χ0v) is 14.0. The molecule has 134 valence electrons. The maximum Gasteiger partial charge on any atom is 0.270 e. The van der Waals surface area contributed by atoms with Gasteiger partial charge in [-0.05, 0) is 36.6 Å². The number of carbonyl (C=O) groups is 1. The number of Topliss-reactive ketones (excluding diaryl/α,β-unsaturated/α-hetero) is 1. The fourth-order valence-corrected chi connectivity index (χ4v) is 3.14. The third kappa shape index (κ3) is 3.08. The van der Waals surface area contributed by atoms with E-state index in [1.54, 1.807) is 0 Å². The smallest absolute Gasteiger partial charge is 0.270 e. The molecule has 0 saturated heterocycles. The van der Waals surface area contributed by atoms with Crippen molar-refractivity contribution in [2.75, 3.05) is 13.2 Å². The Morgan fingerprint density at radius 1 is 0.962 bits per heavy atom. The lowest BCUT2D eigenvalue weighted by Gasteiger charge is -2.26. The molecule has 1 atom stereocenters. The zero-order valence-electron chi connectivity index (χ0n) is 14.0. The number of hydrogen-bond acceptors (Lipinski definition) is 6. The number of nitro benzene ring substituents is 1. The lowest BCUT2D eigenvalue weighted by molar-refractivity contribution is -0.384. The summed E-state index contributed by atoms with van der Waals surface area (Å²) in [6, 6.07) is 9.62. The average Bonchev–Trinajstić information content (AvgIpc) is 2.61. The molecule has 0 radical (unpaired) electrons. The molecule has 2 aliphatic rings. The van der Waals surface area contributed by atoms with E-state index in [4.69, 9.17) is 14.2 Å². The Labute approximate surface area is 149 Å². The van der Waals surface area contributed by atoms with E-state index < -0.39 is 11.0 Å². The molecule has 0 saturated carbocycles. The molecule has 0 N–H and O–H groups in total. The second kappa shape index (κ2) is 6.67. The van der Waals surface area contributed by atoms with Crippen LogP contribution >= 0.6 is 0 Å². The second-order valence-electron chi connectivity index (χ2n) is 6.28. The van der Waals surface area contributed by atoms with Crippen LogP contribution in [0.5, 0.6) is 17.2 Å². The Balaban J connectivity index is 1.62. The molecule has 2 aromatic rings. The van der Waals surface area contributed by atoms with Crippen molar-refractivity contribution in [3.05, 3.63) is 57.6 Å². The Hall–Kier alpha value is -3.09. The van der Waals surface area contributed by atoms with Gasteiger partial charge in [-0.15, -0.1) is 0 Å². The number of benzene rings is 2. The Morgan fingerprint density at radius 2 is 1.69 bits per heavy atom. The molecule has 0 fully saturated rings. The highest BCUT2D eigenvalue weighted by atomic mass is 16.6. The van der Waals surface area contributed by atoms with E-state index in [2.05, 4.69) is 0 Å². The van der Waals surface area contributed by atoms with Crippen molar-refractivity contribution in [1.29, 1.82) is 0 Å². The molecule has 2 heterocycles. The van der Waals surface area contributed by atoms with Gasteiger partial charge in [0.1, 0.15) is 11.9 Å². The van der Waals surface area contributed by atoms with E-state index >= 15 is 0 Å². The first-order chi connectivity index (χ1) is 12.6. The number of non-ortho nitro benzene ring substituents is 1. The highest BCUT2D eigenvalue weighted by molar-refractivity contribution is 6.00. The summed E-state index contributed by atoms with van der Waals surface area (Å²) in [4.78, 5) is 22.8. The van der Waals surface area contributed by atoms with Gasteiger partial charge in [-0.1, -0.05) is 6.07 Å². The predicted octanol–water partition coefficient (Wildman–Crippen LogP) is 3.85. The number of hydrogen-bond donors (Lipinski definition) is 0. The number of nitro groups is 1. The van der Waals surface area contributed by atoms with Crippen LogP contribution in [0.3, 0.4) is 0 Å². The number of carbonyl (C=O) groups excluding carboxylic acids is 1. The molecular formula is C19H17NO6. The molecule has 7 heteroatoms. The van der Waals surface area contributed by atoms with Crippen LogP contribution < -0.4 is 14.2 Å². The van der Waals surface area contributed by atoms with Crippen molar-refractivity contribution in [3.63, 3.8) is 0 Å². The predicted molar refractivity (Wildman–Crippen MR) is 92.1 cm³/mol. The molecule has 0 spiro atoms. The van der Waals surface area contributed by atoms with Crippen LogP contribution in [0.1, 0.15) is 41.3 Å². The SMILES string of the molecule is O=C1CC(c2ccc3c(c2)OCCCCO3)Oc2ccc([N+](=O)[O-])cc21. The molecule has 0 aliphatic carbocycles. The number of ether oxygens (including phenoxy) is 3. The van der Waals surface area contributed by atoms with Gasteiger partial charge in [0.15, 0.2) is 17.3 Å². The first kappa shape index (κ1) is 16.4. The molecule has 2 aromatic carbocycles. The number of ketones is 1. The van der Waals surface area contributed by atoms with Gasteiger partial charge in [-0.3, -0.25) is 14.9 Å². The molecule has 2 aliphatic heterocycles. The van der Waals surface area contributed by atoms with Crippen molar-refractivity contribution in [3.8, 4) is 17.2 Å². The van der Waals surface area contributed by atoms with Gasteiger partial charge in [0.2, 0.25) is 0 Å². The van der Waals surface area contributed by atoms with E-state index in [1.807, 2.05) is 18.2 Å². The largest absolute Gasteiger partial charge is 0.490 e. The van der Waals surface area contributed by atoms with Crippen LogP contribution in [-0.2, 0) is 0 Å². The summed E-state index contributed by atoms with van der Waals surface area (Å²) in [5.74, 6) is 1.52. The van der Waals surface area contributed by atoms with Crippen LogP contribution in [0.25, 0.3) is 0 Å². The molecular weight excluding hydrogens is 338 g/mol. The molecule has 7 nitrogen and oxygen atoms in total. The summed E-state index contributed by atoms with van der Waals surface area (Å²) in [5, 5.41) is 10.9. The van der Waals surface area contributed by atoms with Crippen molar-refractivity contribution in [2.24, 2.45) is 0 Å². The van der Waals surface area contributed by atoms with Crippen LogP contribution in [0.2, 0.25) is 0 Å². The molecule has 26 heavy (non-hydrogen) atoms. The minimum atomic E-state index is -0.522. The fraction of sp³-hybridized carbons (Fsp3) is 0.316. The van der Waals surface area contributed by atoms with Gasteiger partial charge in [-0.25, -0.2) is 0 Å². The Kier molecular flexibility index (Phi) is 4.20. The molecule has 0 amide bonds. The van der Waals surface area contributed by atoms with Crippen LogP contribution in [-0.4, -0.2) is 23.9 Å². The van der Waals surface area contributed by atoms with Crippen molar-refractivity contribution in [2.45, 2.75) is 25.4 Å². The normalized spacial score (nSPS) is 18.9. The number of nitrogens with zero attached hydrogens (tertiary/aromatic N) is 1. The number of rotatable bonds is 2. The van der Waals surface area contributed by atoms with Gasteiger partial charge in [0.25, 0.3) is 5.69 Å². The summed E-state index contributed by atoms with van der Waals surface area (Å²) in [6.45, 7) is 1.27. The van der Waals surface area contributed by atoms with Gasteiger partial charge in [-0.2, -0.15) is 0 Å². The van der Waals surface area contributed by atoms with Gasteiger partial charge in [0.05, 0.1) is 30.1 Å². The molecule has 0 bridgehead atoms. The van der Waals surface area contributed by atoms with E-state index in [-0.39, 0.29) is 23.5 Å².